The molecule has 5 rings (SSSR count). The zero-order valence-corrected chi connectivity index (χ0v) is 23.6. The number of alkyl halides is 6. The molecule has 15 heteroatoms. The molecule has 1 aromatic heterocycles. The van der Waals surface area contributed by atoms with E-state index in [0.29, 0.717) is 34.8 Å². The number of halogens is 6. The molecule has 3 aromatic carbocycles. The number of carbonyl (C=O) groups is 2. The Labute approximate surface area is 251 Å². The van der Waals surface area contributed by atoms with Crippen molar-refractivity contribution in [2.24, 2.45) is 0 Å². The number of aromatic nitrogens is 3. The van der Waals surface area contributed by atoms with Gasteiger partial charge in [0.15, 0.2) is 5.82 Å². The van der Waals surface area contributed by atoms with Gasteiger partial charge in [-0.3, -0.25) is 14.6 Å². The fraction of sp³-hybridized carbons (Fsp3) is 0.200. The minimum Gasteiger partial charge on any atom is -0.497 e. The van der Waals surface area contributed by atoms with Crippen LogP contribution in [-0.4, -0.2) is 50.7 Å². The van der Waals surface area contributed by atoms with Gasteiger partial charge in [0.1, 0.15) is 23.5 Å². The van der Waals surface area contributed by atoms with Crippen molar-refractivity contribution in [1.29, 1.82) is 0 Å². The summed E-state index contributed by atoms with van der Waals surface area (Å²) in [5.41, 5.74) is -2.50. The topological polar surface area (TPSA) is 89.8 Å². The van der Waals surface area contributed by atoms with Crippen molar-refractivity contribution < 1.29 is 45.4 Å². The summed E-state index contributed by atoms with van der Waals surface area (Å²) in [6.07, 6.45) is -7.99. The summed E-state index contributed by atoms with van der Waals surface area (Å²) in [6, 6.07) is 13.8. The van der Waals surface area contributed by atoms with Crippen LogP contribution in [0.5, 0.6) is 11.5 Å². The van der Waals surface area contributed by atoms with Crippen LogP contribution < -0.4 is 9.47 Å². The van der Waals surface area contributed by atoms with Gasteiger partial charge in [0.2, 0.25) is 0 Å². The van der Waals surface area contributed by atoms with Crippen LogP contribution in [0.2, 0.25) is 0 Å². The van der Waals surface area contributed by atoms with E-state index in [9.17, 15) is 35.9 Å². The Hall–Kier alpha value is -5.34. The van der Waals surface area contributed by atoms with Gasteiger partial charge in [-0.15, -0.1) is 5.10 Å². The van der Waals surface area contributed by atoms with Gasteiger partial charge in [0, 0.05) is 5.56 Å². The number of imide groups is 1. The fourth-order valence-corrected chi connectivity index (χ4v) is 4.51. The molecule has 1 aliphatic heterocycles. The molecular weight excluding hydrogens is 608 g/mol. The third-order valence-corrected chi connectivity index (χ3v) is 6.83. The summed E-state index contributed by atoms with van der Waals surface area (Å²) in [7, 11) is 2.99. The molecule has 0 spiro atoms. The zero-order valence-electron chi connectivity index (χ0n) is 23.6. The molecule has 0 saturated carbocycles. The highest BCUT2D eigenvalue weighted by Crippen LogP contribution is 2.38. The van der Waals surface area contributed by atoms with E-state index in [4.69, 9.17) is 9.47 Å². The Kier molecular flexibility index (Phi) is 8.28. The first kappa shape index (κ1) is 31.1. The van der Waals surface area contributed by atoms with E-state index >= 15 is 0 Å². The number of amides is 3. The van der Waals surface area contributed by atoms with Crippen LogP contribution in [0.4, 0.5) is 31.1 Å². The number of methoxy groups -OCH3 is 2. The predicted octanol–water partition coefficient (Wildman–Crippen LogP) is 6.46. The Morgan fingerprint density at radius 1 is 0.733 bits per heavy atom. The van der Waals surface area contributed by atoms with E-state index in [1.807, 2.05) is 0 Å². The quantitative estimate of drug-likeness (QED) is 0.126. The second-order valence-corrected chi connectivity index (χ2v) is 9.81. The second kappa shape index (κ2) is 12.0. The summed E-state index contributed by atoms with van der Waals surface area (Å²) in [6.45, 7) is -0.144. The van der Waals surface area contributed by atoms with Crippen molar-refractivity contribution in [3.8, 4) is 22.9 Å². The number of rotatable bonds is 8. The minimum absolute atomic E-state index is 0.000271. The lowest BCUT2D eigenvalue weighted by Crippen LogP contribution is -2.32. The van der Waals surface area contributed by atoms with Crippen molar-refractivity contribution >= 4 is 18.1 Å². The summed E-state index contributed by atoms with van der Waals surface area (Å²) in [5.74, 6) is -0.0284. The number of urea groups is 1. The van der Waals surface area contributed by atoms with E-state index in [0.717, 1.165) is 22.1 Å². The van der Waals surface area contributed by atoms with Crippen LogP contribution in [-0.2, 0) is 30.2 Å². The van der Waals surface area contributed by atoms with Crippen LogP contribution in [0.3, 0.4) is 0 Å². The van der Waals surface area contributed by atoms with Crippen LogP contribution in [0.15, 0.2) is 78.8 Å². The second-order valence-electron chi connectivity index (χ2n) is 9.81. The molecule has 45 heavy (non-hydrogen) atoms. The molecule has 2 heterocycles. The number of benzene rings is 3. The van der Waals surface area contributed by atoms with Crippen molar-refractivity contribution in [3.63, 3.8) is 0 Å². The fourth-order valence-electron chi connectivity index (χ4n) is 4.51. The molecule has 1 saturated heterocycles. The molecule has 0 aliphatic carbocycles. The maximum absolute atomic E-state index is 13.6. The largest absolute Gasteiger partial charge is 0.497 e. The van der Waals surface area contributed by atoms with Gasteiger partial charge in [-0.05, 0) is 53.6 Å². The highest BCUT2D eigenvalue weighted by atomic mass is 19.4. The SMILES string of the molecule is COc1ccc(CN2C(=O)/C(=C/n3cnc(-c4cc(C(F)(F)F)cc(C(F)(F)F)c4)n3)N(Cc3ccc(OC)cc3)C2=O)cc1. The van der Waals surface area contributed by atoms with Crippen LogP contribution in [0.1, 0.15) is 22.3 Å². The van der Waals surface area contributed by atoms with Crippen LogP contribution in [0.25, 0.3) is 17.6 Å². The first-order valence-corrected chi connectivity index (χ1v) is 13.1. The van der Waals surface area contributed by atoms with Crippen molar-refractivity contribution in [2.45, 2.75) is 25.4 Å². The molecule has 3 amide bonds. The molecule has 0 radical (unpaired) electrons. The third-order valence-electron chi connectivity index (χ3n) is 6.83. The average Bonchev–Trinajstić information content (AvgIpc) is 3.56. The molecule has 234 valence electrons. The van der Waals surface area contributed by atoms with Gasteiger partial charge < -0.3 is 9.47 Å². The summed E-state index contributed by atoms with van der Waals surface area (Å²) in [4.78, 5) is 33.2. The Bertz CT molecular complexity index is 1720. The first-order chi connectivity index (χ1) is 21.3. The van der Waals surface area contributed by atoms with E-state index in [1.165, 1.54) is 19.1 Å². The maximum atomic E-state index is 13.6. The lowest BCUT2D eigenvalue weighted by atomic mass is 10.0. The number of nitrogens with zero attached hydrogens (tertiary/aromatic N) is 5. The lowest BCUT2D eigenvalue weighted by molar-refractivity contribution is -0.143. The highest BCUT2D eigenvalue weighted by Gasteiger charge is 2.41. The van der Waals surface area contributed by atoms with Gasteiger partial charge >= 0.3 is 18.4 Å². The Morgan fingerprint density at radius 2 is 1.22 bits per heavy atom. The molecule has 0 N–H and O–H groups in total. The summed E-state index contributed by atoms with van der Waals surface area (Å²) >= 11 is 0. The Balaban J connectivity index is 1.51. The van der Waals surface area contributed by atoms with Crippen LogP contribution >= 0.6 is 0 Å². The number of ether oxygens (including phenoxy) is 2. The minimum atomic E-state index is -5.06. The van der Waals surface area contributed by atoms with Crippen molar-refractivity contribution in [1.82, 2.24) is 24.6 Å². The van der Waals surface area contributed by atoms with Crippen molar-refractivity contribution in [2.75, 3.05) is 14.2 Å². The molecule has 1 fully saturated rings. The van der Waals surface area contributed by atoms with Gasteiger partial charge in [0.25, 0.3) is 5.91 Å². The van der Waals surface area contributed by atoms with Gasteiger partial charge in [-0.25, -0.2) is 14.5 Å². The third kappa shape index (κ3) is 6.76. The highest BCUT2D eigenvalue weighted by molar-refractivity contribution is 6.13. The van der Waals surface area contributed by atoms with E-state index in [1.54, 1.807) is 48.5 Å². The normalized spacial score (nSPS) is 14.9. The van der Waals surface area contributed by atoms with Crippen molar-refractivity contribution in [3.05, 3.63) is 101 Å². The molecule has 1 aliphatic rings. The number of carbonyl (C=O) groups excluding carboxylic acids is 2. The molecule has 0 atom stereocenters. The molecule has 4 aromatic rings. The van der Waals surface area contributed by atoms with Gasteiger partial charge in [0.05, 0.1) is 44.6 Å². The zero-order chi connectivity index (χ0) is 32.5. The monoisotopic (exact) mass is 631 g/mol. The molecule has 9 nitrogen and oxygen atoms in total. The molecule has 0 bridgehead atoms. The first-order valence-electron chi connectivity index (χ1n) is 13.1. The maximum Gasteiger partial charge on any atom is 0.416 e. The average molecular weight is 632 g/mol. The smallest absolute Gasteiger partial charge is 0.416 e. The summed E-state index contributed by atoms with van der Waals surface area (Å²) < 4.78 is 91.6. The molecular formula is C30H23F6N5O4. The Morgan fingerprint density at radius 3 is 1.69 bits per heavy atom. The van der Waals surface area contributed by atoms with E-state index in [2.05, 4.69) is 10.1 Å². The predicted molar refractivity (Wildman–Crippen MR) is 147 cm³/mol. The molecule has 0 unspecified atom stereocenters. The van der Waals surface area contributed by atoms with E-state index < -0.39 is 46.8 Å². The summed E-state index contributed by atoms with van der Waals surface area (Å²) in [5, 5.41) is 4.00. The standard InChI is InChI=1S/C30H23F6N5O4/c1-44-23-7-3-18(4-8-23)14-40-25(27(42)41(28(40)43)15-19-5-9-24(45-2)10-6-19)16-39-17-37-26(38-39)20-11-21(29(31,32)33)13-22(12-20)30(34,35)36/h3-13,16-17H,14-15H2,1-2H3/b25-16-. The van der Waals surface area contributed by atoms with Gasteiger partial charge in [-0.2, -0.15) is 26.3 Å². The van der Waals surface area contributed by atoms with E-state index in [-0.39, 0.29) is 24.9 Å². The lowest BCUT2D eigenvalue weighted by Gasteiger charge is -2.17. The van der Waals surface area contributed by atoms with Crippen LogP contribution in [0, 0.1) is 0 Å². The van der Waals surface area contributed by atoms with Gasteiger partial charge in [-0.1, -0.05) is 24.3 Å². The number of hydrogen-bond donors (Lipinski definition) is 0. The number of hydrogen-bond acceptors (Lipinski definition) is 6.